The van der Waals surface area contributed by atoms with Crippen LogP contribution in [0.5, 0.6) is 5.75 Å². The van der Waals surface area contributed by atoms with Gasteiger partial charge in [-0.15, -0.1) is 0 Å². The van der Waals surface area contributed by atoms with Gasteiger partial charge in [0.15, 0.2) is 0 Å². The molecule has 1 N–H and O–H groups in total. The highest BCUT2D eigenvalue weighted by Crippen LogP contribution is 2.17. The summed E-state index contributed by atoms with van der Waals surface area (Å²) in [4.78, 5) is 25.3. The number of nitrogens with zero attached hydrogens (tertiary/aromatic N) is 1. The molecule has 5 nitrogen and oxygen atoms in total. The Labute approximate surface area is 132 Å². The number of hydrogen-bond donors (Lipinski definition) is 1. The Balaban J connectivity index is 2.53. The predicted molar refractivity (Wildman–Crippen MR) is 88.0 cm³/mol. The molecule has 2 amide bonds. The highest BCUT2D eigenvalue weighted by molar-refractivity contribution is 5.91. The third-order valence-electron chi connectivity index (χ3n) is 3.20. The molecular formula is C17H26N2O3. The first-order valence-corrected chi connectivity index (χ1v) is 7.55. The van der Waals surface area contributed by atoms with E-state index in [0.717, 1.165) is 11.4 Å². The molecule has 0 bridgehead atoms. The van der Waals surface area contributed by atoms with E-state index in [1.807, 2.05) is 39.8 Å². The molecule has 0 saturated heterocycles. The second kappa shape index (κ2) is 7.82. The van der Waals surface area contributed by atoms with Gasteiger partial charge in [0.05, 0.1) is 6.61 Å². The molecule has 0 saturated carbocycles. The van der Waals surface area contributed by atoms with E-state index in [2.05, 4.69) is 5.32 Å². The Morgan fingerprint density at radius 1 is 1.18 bits per heavy atom. The number of benzene rings is 1. The maximum absolute atomic E-state index is 12.0. The molecule has 1 aromatic rings. The number of nitrogens with one attached hydrogen (secondary N) is 1. The highest BCUT2D eigenvalue weighted by Gasteiger charge is 2.23. The van der Waals surface area contributed by atoms with Crippen LogP contribution in [-0.4, -0.2) is 35.4 Å². The minimum absolute atomic E-state index is 0.0265. The van der Waals surface area contributed by atoms with Crippen LogP contribution < -0.4 is 10.1 Å². The van der Waals surface area contributed by atoms with Crippen LogP contribution >= 0.6 is 0 Å². The van der Waals surface area contributed by atoms with Gasteiger partial charge in [-0.2, -0.15) is 0 Å². The third kappa shape index (κ3) is 5.76. The van der Waals surface area contributed by atoms with Crippen molar-refractivity contribution in [3.05, 3.63) is 24.3 Å². The molecular weight excluding hydrogens is 280 g/mol. The van der Waals surface area contributed by atoms with Gasteiger partial charge in [-0.1, -0.05) is 0 Å². The average Bonchev–Trinajstić information content (AvgIpc) is 2.39. The monoisotopic (exact) mass is 306 g/mol. The van der Waals surface area contributed by atoms with E-state index >= 15 is 0 Å². The van der Waals surface area contributed by atoms with Crippen molar-refractivity contribution in [1.82, 2.24) is 4.90 Å². The molecule has 5 heteroatoms. The summed E-state index contributed by atoms with van der Waals surface area (Å²) in [5.41, 5.74) is 0.434. The van der Waals surface area contributed by atoms with Crippen LogP contribution in [-0.2, 0) is 9.59 Å². The third-order valence-corrected chi connectivity index (χ3v) is 3.20. The summed E-state index contributed by atoms with van der Waals surface area (Å²) in [5.74, 6) is 0.636. The quantitative estimate of drug-likeness (QED) is 0.878. The number of carbonyl (C=O) groups is 2. The number of amides is 2. The van der Waals surface area contributed by atoms with Gasteiger partial charge in [-0.3, -0.25) is 9.59 Å². The van der Waals surface area contributed by atoms with Gasteiger partial charge in [0.1, 0.15) is 5.75 Å². The van der Waals surface area contributed by atoms with E-state index in [0.29, 0.717) is 13.2 Å². The van der Waals surface area contributed by atoms with Crippen LogP contribution in [0.2, 0.25) is 0 Å². The van der Waals surface area contributed by atoms with Crippen LogP contribution in [0.25, 0.3) is 0 Å². The molecule has 122 valence electrons. The first kappa shape index (κ1) is 18.0. The molecule has 0 fully saturated rings. The van der Waals surface area contributed by atoms with E-state index in [-0.39, 0.29) is 23.8 Å². The van der Waals surface area contributed by atoms with Gasteiger partial charge in [0, 0.05) is 31.1 Å². The Hall–Kier alpha value is -2.04. The lowest BCUT2D eigenvalue weighted by Crippen LogP contribution is -2.45. The number of hydrogen-bond acceptors (Lipinski definition) is 3. The molecule has 0 aliphatic heterocycles. The van der Waals surface area contributed by atoms with Gasteiger partial charge in [-0.25, -0.2) is 0 Å². The second-order valence-electron chi connectivity index (χ2n) is 6.10. The van der Waals surface area contributed by atoms with Crippen molar-refractivity contribution in [3.8, 4) is 5.75 Å². The van der Waals surface area contributed by atoms with Crippen LogP contribution in [0.3, 0.4) is 0 Å². The number of anilines is 1. The van der Waals surface area contributed by atoms with Crippen molar-refractivity contribution in [1.29, 1.82) is 0 Å². The molecule has 0 unspecified atom stereocenters. The van der Waals surface area contributed by atoms with E-state index < -0.39 is 0 Å². The van der Waals surface area contributed by atoms with Gasteiger partial charge < -0.3 is 15.0 Å². The summed E-state index contributed by atoms with van der Waals surface area (Å²) in [6.45, 7) is 10.3. The molecule has 1 aromatic carbocycles. The Morgan fingerprint density at radius 2 is 1.77 bits per heavy atom. The lowest BCUT2D eigenvalue weighted by molar-refractivity contribution is -0.134. The average molecular weight is 306 g/mol. The molecule has 0 aliphatic carbocycles. The summed E-state index contributed by atoms with van der Waals surface area (Å²) in [6.07, 6.45) is 0.268. The maximum Gasteiger partial charge on any atom is 0.226 e. The lowest BCUT2D eigenvalue weighted by atomic mass is 10.1. The fourth-order valence-corrected chi connectivity index (χ4v) is 2.20. The minimum atomic E-state index is -0.286. The minimum Gasteiger partial charge on any atom is -0.494 e. The van der Waals surface area contributed by atoms with E-state index in [1.165, 1.54) is 6.92 Å². The van der Waals surface area contributed by atoms with Gasteiger partial charge in [0.2, 0.25) is 11.8 Å². The van der Waals surface area contributed by atoms with Crippen molar-refractivity contribution in [3.63, 3.8) is 0 Å². The van der Waals surface area contributed by atoms with Gasteiger partial charge in [0.25, 0.3) is 0 Å². The SMILES string of the molecule is CCOc1ccc(NC(=O)CCN(C(C)=O)C(C)(C)C)cc1. The van der Waals surface area contributed by atoms with Crippen molar-refractivity contribution in [2.45, 2.75) is 46.6 Å². The summed E-state index contributed by atoms with van der Waals surface area (Å²) in [6, 6.07) is 7.23. The zero-order valence-electron chi connectivity index (χ0n) is 14.1. The molecule has 0 spiro atoms. The first-order valence-electron chi connectivity index (χ1n) is 7.55. The smallest absolute Gasteiger partial charge is 0.226 e. The van der Waals surface area contributed by atoms with Crippen molar-refractivity contribution in [2.24, 2.45) is 0 Å². The van der Waals surface area contributed by atoms with Crippen LogP contribution in [0.4, 0.5) is 5.69 Å². The van der Waals surface area contributed by atoms with Crippen molar-refractivity contribution < 1.29 is 14.3 Å². The Bertz CT molecular complexity index is 504. The predicted octanol–water partition coefficient (Wildman–Crippen LogP) is 3.06. The summed E-state index contributed by atoms with van der Waals surface area (Å²) >= 11 is 0. The molecule has 0 aliphatic rings. The molecule has 0 atom stereocenters. The van der Waals surface area contributed by atoms with E-state index in [4.69, 9.17) is 4.74 Å². The van der Waals surface area contributed by atoms with Crippen molar-refractivity contribution >= 4 is 17.5 Å². The topological polar surface area (TPSA) is 58.6 Å². The molecule has 0 radical (unpaired) electrons. The zero-order valence-corrected chi connectivity index (χ0v) is 14.1. The molecule has 1 rings (SSSR count). The zero-order chi connectivity index (χ0) is 16.8. The van der Waals surface area contributed by atoms with Crippen LogP contribution in [0, 0.1) is 0 Å². The van der Waals surface area contributed by atoms with Crippen LogP contribution in [0.1, 0.15) is 41.0 Å². The Kier molecular flexibility index (Phi) is 6.40. The van der Waals surface area contributed by atoms with Gasteiger partial charge in [-0.05, 0) is 52.0 Å². The largest absolute Gasteiger partial charge is 0.494 e. The molecule has 0 heterocycles. The first-order chi connectivity index (χ1) is 10.2. The summed E-state index contributed by atoms with van der Waals surface area (Å²) in [5, 5.41) is 2.82. The number of ether oxygens (including phenoxy) is 1. The van der Waals surface area contributed by atoms with E-state index in [9.17, 15) is 9.59 Å². The normalized spacial score (nSPS) is 11.0. The second-order valence-corrected chi connectivity index (χ2v) is 6.10. The van der Waals surface area contributed by atoms with Gasteiger partial charge >= 0.3 is 0 Å². The maximum atomic E-state index is 12.0. The fraction of sp³-hybridized carbons (Fsp3) is 0.529. The lowest BCUT2D eigenvalue weighted by Gasteiger charge is -2.34. The van der Waals surface area contributed by atoms with Crippen LogP contribution in [0.15, 0.2) is 24.3 Å². The highest BCUT2D eigenvalue weighted by atomic mass is 16.5. The summed E-state index contributed by atoms with van der Waals surface area (Å²) in [7, 11) is 0. The summed E-state index contributed by atoms with van der Waals surface area (Å²) < 4.78 is 5.35. The van der Waals surface area contributed by atoms with Crippen molar-refractivity contribution in [2.75, 3.05) is 18.5 Å². The number of carbonyl (C=O) groups excluding carboxylic acids is 2. The molecule has 0 aromatic heterocycles. The van der Waals surface area contributed by atoms with E-state index in [1.54, 1.807) is 17.0 Å². The standard InChI is InChI=1S/C17H26N2O3/c1-6-22-15-9-7-14(8-10-15)18-16(21)11-12-19(13(2)20)17(3,4)5/h7-10H,6,11-12H2,1-5H3,(H,18,21). The number of rotatable bonds is 6. The molecule has 22 heavy (non-hydrogen) atoms. The fourth-order valence-electron chi connectivity index (χ4n) is 2.20. The Morgan fingerprint density at radius 3 is 2.23 bits per heavy atom.